The van der Waals surface area contributed by atoms with Crippen LogP contribution < -0.4 is 4.74 Å². The number of ether oxygens (including phenoxy) is 1. The molecule has 2 aliphatic heterocycles. The number of nitrogens with zero attached hydrogens (tertiary/aromatic N) is 2. The van der Waals surface area contributed by atoms with E-state index in [0.717, 1.165) is 77.2 Å². The number of piperidine rings is 1. The predicted molar refractivity (Wildman–Crippen MR) is 166 cm³/mol. The minimum absolute atomic E-state index is 0.0441. The van der Waals surface area contributed by atoms with Crippen LogP contribution in [0.3, 0.4) is 0 Å². The lowest BCUT2D eigenvalue weighted by Gasteiger charge is -2.26. The average Bonchev–Trinajstić information content (AvgIpc) is 3.36. The molecule has 2 N–H and O–H groups in total. The van der Waals surface area contributed by atoms with Gasteiger partial charge >= 0.3 is 0 Å². The van der Waals surface area contributed by atoms with Gasteiger partial charge in [-0.1, -0.05) is 24.6 Å². The number of hydrogen-bond donors (Lipinski definition) is 2. The lowest BCUT2D eigenvalue weighted by molar-refractivity contribution is 0.104. The lowest BCUT2D eigenvalue weighted by Crippen LogP contribution is -2.33. The van der Waals surface area contributed by atoms with Gasteiger partial charge in [-0.3, -0.25) is 9.69 Å². The molecule has 0 aliphatic carbocycles. The van der Waals surface area contributed by atoms with Crippen molar-refractivity contribution < 1.29 is 19.7 Å². The molecule has 5 aromatic rings. The number of aromatic nitrogens is 1. The second kappa shape index (κ2) is 11.0. The number of fused-ring (bicyclic) bond motifs is 5. The Bertz CT molecular complexity index is 1760. The van der Waals surface area contributed by atoms with Crippen LogP contribution in [0.25, 0.3) is 33.3 Å². The Kier molecular flexibility index (Phi) is 6.92. The summed E-state index contributed by atoms with van der Waals surface area (Å²) in [6, 6.07) is 26.3. The Labute approximate surface area is 245 Å². The minimum Gasteiger partial charge on any atom is -0.508 e. The van der Waals surface area contributed by atoms with Crippen molar-refractivity contribution in [3.8, 4) is 39.6 Å². The van der Waals surface area contributed by atoms with Crippen molar-refractivity contribution >= 4 is 16.7 Å². The zero-order chi connectivity index (χ0) is 28.6. The maximum Gasteiger partial charge on any atom is 0.195 e. The van der Waals surface area contributed by atoms with Crippen molar-refractivity contribution in [2.24, 2.45) is 0 Å². The van der Waals surface area contributed by atoms with Crippen molar-refractivity contribution in [1.82, 2.24) is 9.47 Å². The predicted octanol–water partition coefficient (Wildman–Crippen LogP) is 7.04. The van der Waals surface area contributed by atoms with Gasteiger partial charge in [-0.25, -0.2) is 0 Å². The Morgan fingerprint density at radius 3 is 2.29 bits per heavy atom. The summed E-state index contributed by atoms with van der Waals surface area (Å²) in [6.07, 6.45) is 4.62. The molecular weight excluding hydrogens is 524 g/mol. The third-order valence-corrected chi connectivity index (χ3v) is 8.68. The van der Waals surface area contributed by atoms with E-state index in [9.17, 15) is 15.0 Å². The van der Waals surface area contributed by atoms with E-state index in [1.807, 2.05) is 48.5 Å². The topological polar surface area (TPSA) is 74.9 Å². The van der Waals surface area contributed by atoms with Crippen LogP contribution in [0.15, 0.2) is 84.9 Å². The summed E-state index contributed by atoms with van der Waals surface area (Å²) >= 11 is 0. The third-order valence-electron chi connectivity index (χ3n) is 8.68. The van der Waals surface area contributed by atoms with E-state index in [1.165, 1.54) is 19.3 Å². The Morgan fingerprint density at radius 1 is 0.762 bits per heavy atom. The second-order valence-electron chi connectivity index (χ2n) is 11.3. The lowest BCUT2D eigenvalue weighted by atomic mass is 9.92. The largest absolute Gasteiger partial charge is 0.508 e. The van der Waals surface area contributed by atoms with E-state index in [1.54, 1.807) is 18.2 Å². The number of likely N-dealkylation sites (tertiary alicyclic amines) is 1. The van der Waals surface area contributed by atoms with Gasteiger partial charge in [0.2, 0.25) is 0 Å². The first-order valence-electron chi connectivity index (χ1n) is 14.8. The fourth-order valence-corrected chi connectivity index (χ4v) is 6.50. The molecule has 42 heavy (non-hydrogen) atoms. The molecule has 1 fully saturated rings. The Balaban J connectivity index is 1.26. The maximum absolute atomic E-state index is 14.4. The number of hydrogen-bond acceptors (Lipinski definition) is 5. The summed E-state index contributed by atoms with van der Waals surface area (Å²) in [4.78, 5) is 16.8. The van der Waals surface area contributed by atoms with E-state index in [-0.39, 0.29) is 17.3 Å². The summed E-state index contributed by atoms with van der Waals surface area (Å²) in [7, 11) is 0. The SMILES string of the molecule is O=C(c1ccc(OCCN2CCCCC2)cc1)c1c2n(c3ccc(-c4ccc(O)cc4)cc13)CCc1cc(O)ccc1-2. The van der Waals surface area contributed by atoms with E-state index >= 15 is 0 Å². The molecular formula is C36H34N2O4. The number of aryl methyl sites for hydroxylation is 2. The summed E-state index contributed by atoms with van der Waals surface area (Å²) in [5.41, 5.74) is 7.12. The molecule has 4 aromatic carbocycles. The normalized spacial score (nSPS) is 14.9. The van der Waals surface area contributed by atoms with Gasteiger partial charge in [0.05, 0.1) is 11.3 Å². The fraction of sp³-hybridized carbons (Fsp3) is 0.250. The van der Waals surface area contributed by atoms with Crippen LogP contribution in [0.1, 0.15) is 40.7 Å². The standard InChI is InChI=1S/C36H34N2O4/c39-28-9-4-24(5-10-28)26-8-15-33-32(23-26)34(35-31-14-11-29(40)22-27(31)16-19-38(33)35)36(41)25-6-12-30(13-7-25)42-21-20-37-17-2-1-3-18-37/h4-15,22-23,39-40H,1-3,16-21H2. The zero-order valence-electron chi connectivity index (χ0n) is 23.6. The number of aromatic hydroxyl groups is 2. The van der Waals surface area contributed by atoms with E-state index in [4.69, 9.17) is 4.74 Å². The molecule has 0 atom stereocenters. The number of phenols is 2. The first kappa shape index (κ1) is 26.4. The third kappa shape index (κ3) is 4.92. The van der Waals surface area contributed by atoms with Crippen LogP contribution in [0.5, 0.6) is 17.2 Å². The van der Waals surface area contributed by atoms with Gasteiger partial charge in [0.25, 0.3) is 0 Å². The minimum atomic E-state index is -0.0441. The van der Waals surface area contributed by atoms with E-state index in [0.29, 0.717) is 17.7 Å². The summed E-state index contributed by atoms with van der Waals surface area (Å²) < 4.78 is 8.26. The zero-order valence-corrected chi connectivity index (χ0v) is 23.6. The number of carbonyl (C=O) groups is 1. The number of benzene rings is 4. The van der Waals surface area contributed by atoms with Crippen LogP contribution in [0, 0.1) is 0 Å². The smallest absolute Gasteiger partial charge is 0.195 e. The first-order chi connectivity index (χ1) is 20.5. The molecule has 6 heteroatoms. The van der Waals surface area contributed by atoms with Crippen molar-refractivity contribution in [1.29, 1.82) is 0 Å². The summed E-state index contributed by atoms with van der Waals surface area (Å²) in [5, 5.41) is 20.9. The quantitative estimate of drug-likeness (QED) is 0.210. The molecule has 0 radical (unpaired) electrons. The number of rotatable bonds is 7. The van der Waals surface area contributed by atoms with Crippen LogP contribution in [0.4, 0.5) is 0 Å². The van der Waals surface area contributed by atoms with Crippen LogP contribution >= 0.6 is 0 Å². The summed E-state index contributed by atoms with van der Waals surface area (Å²) in [5.74, 6) is 1.17. The molecule has 3 heterocycles. The van der Waals surface area contributed by atoms with Gasteiger partial charge in [-0.05, 0) is 116 Å². The molecule has 1 saturated heterocycles. The number of phenolic OH excluding ortho intramolecular Hbond substituents is 2. The van der Waals surface area contributed by atoms with Crippen molar-refractivity contribution in [3.05, 3.63) is 102 Å². The number of ketones is 1. The highest BCUT2D eigenvalue weighted by Crippen LogP contribution is 2.42. The van der Waals surface area contributed by atoms with E-state index in [2.05, 4.69) is 27.7 Å². The molecule has 0 spiro atoms. The maximum atomic E-state index is 14.4. The highest BCUT2D eigenvalue weighted by molar-refractivity contribution is 6.21. The van der Waals surface area contributed by atoms with E-state index < -0.39 is 0 Å². The van der Waals surface area contributed by atoms with Crippen molar-refractivity contribution in [3.63, 3.8) is 0 Å². The van der Waals surface area contributed by atoms with Gasteiger partial charge in [0.15, 0.2) is 5.78 Å². The van der Waals surface area contributed by atoms with Crippen LogP contribution in [0.2, 0.25) is 0 Å². The molecule has 2 aliphatic rings. The Morgan fingerprint density at radius 2 is 1.50 bits per heavy atom. The molecule has 0 unspecified atom stereocenters. The molecule has 7 rings (SSSR count). The van der Waals surface area contributed by atoms with Gasteiger partial charge in [-0.15, -0.1) is 0 Å². The molecule has 212 valence electrons. The molecule has 6 nitrogen and oxygen atoms in total. The monoisotopic (exact) mass is 558 g/mol. The molecule has 0 saturated carbocycles. The Hall–Kier alpha value is -4.55. The second-order valence-corrected chi connectivity index (χ2v) is 11.3. The molecule has 0 amide bonds. The average molecular weight is 559 g/mol. The van der Waals surface area contributed by atoms with Gasteiger partial charge < -0.3 is 19.5 Å². The highest BCUT2D eigenvalue weighted by Gasteiger charge is 2.29. The first-order valence-corrected chi connectivity index (χ1v) is 14.8. The van der Waals surface area contributed by atoms with Gasteiger partial charge in [-0.2, -0.15) is 0 Å². The molecule has 1 aromatic heterocycles. The van der Waals surface area contributed by atoms with Crippen LogP contribution in [-0.4, -0.2) is 51.7 Å². The van der Waals surface area contributed by atoms with Crippen molar-refractivity contribution in [2.45, 2.75) is 32.2 Å². The fourth-order valence-electron chi connectivity index (χ4n) is 6.50. The highest BCUT2D eigenvalue weighted by atomic mass is 16.5. The van der Waals surface area contributed by atoms with Gasteiger partial charge in [0, 0.05) is 35.1 Å². The van der Waals surface area contributed by atoms with Gasteiger partial charge in [0.1, 0.15) is 23.9 Å². The molecule has 0 bridgehead atoms. The van der Waals surface area contributed by atoms with Crippen LogP contribution in [-0.2, 0) is 13.0 Å². The number of carbonyl (C=O) groups excluding carboxylic acids is 1. The van der Waals surface area contributed by atoms with Crippen molar-refractivity contribution in [2.75, 3.05) is 26.2 Å². The summed E-state index contributed by atoms with van der Waals surface area (Å²) in [6.45, 7) is 4.56.